The number of carbonyl (C=O) groups excluding carboxylic acids is 1. The summed E-state index contributed by atoms with van der Waals surface area (Å²) in [6, 6.07) is 17.1. The number of hydrogen-bond donors (Lipinski definition) is 1. The van der Waals surface area contributed by atoms with Crippen LogP contribution in [0.5, 0.6) is 0 Å². The molecule has 1 aliphatic carbocycles. The maximum absolute atomic E-state index is 12.5. The summed E-state index contributed by atoms with van der Waals surface area (Å²) >= 11 is 0. The predicted octanol–water partition coefficient (Wildman–Crippen LogP) is 2.97. The van der Waals surface area contributed by atoms with Crippen molar-refractivity contribution in [3.8, 4) is 0 Å². The van der Waals surface area contributed by atoms with E-state index in [1.54, 1.807) is 24.3 Å². The van der Waals surface area contributed by atoms with E-state index in [2.05, 4.69) is 17.4 Å². The minimum atomic E-state index is -3.21. The fourth-order valence-electron chi connectivity index (χ4n) is 3.46. The van der Waals surface area contributed by atoms with Crippen molar-refractivity contribution < 1.29 is 13.2 Å². The summed E-state index contributed by atoms with van der Waals surface area (Å²) in [5, 5.41) is 2.93. The SMILES string of the molecule is O=C(Nc1cccc(N2CCCS2(=O)=O)c1)C1CC1c1ccccc1. The van der Waals surface area contributed by atoms with Crippen molar-refractivity contribution >= 4 is 27.3 Å². The van der Waals surface area contributed by atoms with Gasteiger partial charge in [0.2, 0.25) is 15.9 Å². The smallest absolute Gasteiger partial charge is 0.235 e. The quantitative estimate of drug-likeness (QED) is 0.916. The largest absolute Gasteiger partial charge is 0.326 e. The molecule has 1 heterocycles. The highest BCUT2D eigenvalue weighted by molar-refractivity contribution is 7.93. The highest BCUT2D eigenvalue weighted by Crippen LogP contribution is 2.47. The molecule has 5 nitrogen and oxygen atoms in total. The summed E-state index contributed by atoms with van der Waals surface area (Å²) in [6.07, 6.45) is 1.50. The van der Waals surface area contributed by atoms with Crippen LogP contribution in [-0.4, -0.2) is 26.6 Å². The van der Waals surface area contributed by atoms with Gasteiger partial charge >= 0.3 is 0 Å². The molecule has 0 spiro atoms. The second kappa shape index (κ2) is 6.19. The number of carbonyl (C=O) groups is 1. The maximum Gasteiger partial charge on any atom is 0.235 e. The summed E-state index contributed by atoms with van der Waals surface area (Å²) in [4.78, 5) is 12.5. The number of benzene rings is 2. The third-order valence-electron chi connectivity index (χ3n) is 4.86. The molecule has 2 aromatic carbocycles. The Labute approximate surface area is 147 Å². The summed E-state index contributed by atoms with van der Waals surface area (Å²) in [5.74, 6) is 0.449. The van der Waals surface area contributed by atoms with E-state index in [9.17, 15) is 13.2 Å². The normalized spacial score (nSPS) is 24.1. The van der Waals surface area contributed by atoms with E-state index in [0.717, 1.165) is 6.42 Å². The van der Waals surface area contributed by atoms with Gasteiger partial charge in [0.05, 0.1) is 11.4 Å². The van der Waals surface area contributed by atoms with Crippen molar-refractivity contribution in [3.63, 3.8) is 0 Å². The molecule has 130 valence electrons. The van der Waals surface area contributed by atoms with Gasteiger partial charge in [0.25, 0.3) is 0 Å². The molecule has 2 atom stereocenters. The van der Waals surface area contributed by atoms with Gasteiger partial charge in [-0.3, -0.25) is 9.10 Å². The third kappa shape index (κ3) is 3.26. The Morgan fingerprint density at radius 3 is 2.60 bits per heavy atom. The number of rotatable bonds is 4. The van der Waals surface area contributed by atoms with Crippen molar-refractivity contribution in [1.29, 1.82) is 0 Å². The molecule has 2 unspecified atom stereocenters. The lowest BCUT2D eigenvalue weighted by Crippen LogP contribution is -2.25. The second-order valence-corrected chi connectivity index (χ2v) is 8.65. The molecule has 2 aromatic rings. The van der Waals surface area contributed by atoms with Crippen LogP contribution in [0.1, 0.15) is 24.3 Å². The van der Waals surface area contributed by atoms with E-state index in [4.69, 9.17) is 0 Å². The Bertz CT molecular complexity index is 896. The maximum atomic E-state index is 12.5. The molecular formula is C19H20N2O3S. The zero-order valence-corrected chi connectivity index (χ0v) is 14.6. The molecule has 1 N–H and O–H groups in total. The Balaban J connectivity index is 1.45. The number of sulfonamides is 1. The lowest BCUT2D eigenvalue weighted by Gasteiger charge is -2.17. The minimum absolute atomic E-state index is 0.00437. The van der Waals surface area contributed by atoms with Crippen LogP contribution in [0.2, 0.25) is 0 Å². The first kappa shape index (κ1) is 16.1. The Morgan fingerprint density at radius 2 is 1.88 bits per heavy atom. The number of nitrogens with one attached hydrogen (secondary N) is 1. The van der Waals surface area contributed by atoms with Crippen LogP contribution in [-0.2, 0) is 14.8 Å². The monoisotopic (exact) mass is 356 g/mol. The summed E-state index contributed by atoms with van der Waals surface area (Å²) in [6.45, 7) is 0.498. The first-order valence-corrected chi connectivity index (χ1v) is 10.1. The average Bonchev–Trinajstić information content (AvgIpc) is 3.33. The van der Waals surface area contributed by atoms with Gasteiger partial charge in [0.15, 0.2) is 0 Å². The highest BCUT2D eigenvalue weighted by atomic mass is 32.2. The van der Waals surface area contributed by atoms with Crippen LogP contribution in [0.4, 0.5) is 11.4 Å². The van der Waals surface area contributed by atoms with Gasteiger partial charge in [-0.05, 0) is 42.5 Å². The number of amides is 1. The standard InChI is InChI=1S/C19H20N2O3S/c22-19(18-13-17(18)14-6-2-1-3-7-14)20-15-8-4-9-16(12-15)21-10-5-11-25(21,23)24/h1-4,6-9,12,17-18H,5,10-11,13H2,(H,20,22). The Kier molecular flexibility index (Phi) is 4.00. The molecule has 25 heavy (non-hydrogen) atoms. The molecular weight excluding hydrogens is 336 g/mol. The molecule has 2 aliphatic rings. The lowest BCUT2D eigenvalue weighted by atomic mass is 10.1. The molecule has 4 rings (SSSR count). The fraction of sp³-hybridized carbons (Fsp3) is 0.316. The van der Waals surface area contributed by atoms with E-state index in [-0.39, 0.29) is 23.5 Å². The van der Waals surface area contributed by atoms with Gasteiger partial charge in [-0.25, -0.2) is 8.42 Å². The van der Waals surface area contributed by atoms with Crippen LogP contribution in [0.3, 0.4) is 0 Å². The van der Waals surface area contributed by atoms with Gasteiger partial charge in [-0.2, -0.15) is 0 Å². The average molecular weight is 356 g/mol. The molecule has 1 saturated heterocycles. The molecule has 0 radical (unpaired) electrons. The fourth-order valence-corrected chi connectivity index (χ4v) is 5.01. The summed E-state index contributed by atoms with van der Waals surface area (Å²) in [7, 11) is -3.21. The van der Waals surface area contributed by atoms with E-state index in [1.807, 2.05) is 18.2 Å². The van der Waals surface area contributed by atoms with Gasteiger partial charge in [-0.15, -0.1) is 0 Å². The van der Waals surface area contributed by atoms with E-state index >= 15 is 0 Å². The van der Waals surface area contributed by atoms with Gasteiger partial charge in [0, 0.05) is 18.2 Å². The second-order valence-electron chi connectivity index (χ2n) is 6.64. The predicted molar refractivity (Wildman–Crippen MR) is 98.1 cm³/mol. The first-order valence-electron chi connectivity index (χ1n) is 8.51. The van der Waals surface area contributed by atoms with Crippen molar-refractivity contribution in [2.75, 3.05) is 21.9 Å². The zero-order valence-electron chi connectivity index (χ0n) is 13.8. The topological polar surface area (TPSA) is 66.5 Å². The molecule has 1 aliphatic heterocycles. The van der Waals surface area contributed by atoms with Crippen LogP contribution in [0.25, 0.3) is 0 Å². The minimum Gasteiger partial charge on any atom is -0.326 e. The van der Waals surface area contributed by atoms with E-state index < -0.39 is 10.0 Å². The Hall–Kier alpha value is -2.34. The van der Waals surface area contributed by atoms with E-state index in [1.165, 1.54) is 9.87 Å². The van der Waals surface area contributed by atoms with Crippen molar-refractivity contribution in [2.24, 2.45) is 5.92 Å². The number of anilines is 2. The number of hydrogen-bond acceptors (Lipinski definition) is 3. The molecule has 6 heteroatoms. The summed E-state index contributed by atoms with van der Waals surface area (Å²) < 4.78 is 25.5. The van der Waals surface area contributed by atoms with Crippen LogP contribution in [0, 0.1) is 5.92 Å². The van der Waals surface area contributed by atoms with Crippen LogP contribution < -0.4 is 9.62 Å². The number of nitrogens with zero attached hydrogens (tertiary/aromatic N) is 1. The molecule has 0 aromatic heterocycles. The van der Waals surface area contributed by atoms with Crippen LogP contribution in [0.15, 0.2) is 54.6 Å². The van der Waals surface area contributed by atoms with Gasteiger partial charge in [0.1, 0.15) is 0 Å². The molecule has 2 fully saturated rings. The molecule has 0 bridgehead atoms. The molecule has 1 amide bonds. The van der Waals surface area contributed by atoms with Crippen molar-refractivity contribution in [1.82, 2.24) is 0 Å². The van der Waals surface area contributed by atoms with Crippen LogP contribution >= 0.6 is 0 Å². The third-order valence-corrected chi connectivity index (χ3v) is 6.73. The zero-order chi connectivity index (χ0) is 17.4. The highest BCUT2D eigenvalue weighted by Gasteiger charge is 2.43. The van der Waals surface area contributed by atoms with Gasteiger partial charge in [-0.1, -0.05) is 36.4 Å². The Morgan fingerprint density at radius 1 is 1.08 bits per heavy atom. The van der Waals surface area contributed by atoms with Gasteiger partial charge < -0.3 is 5.32 Å². The lowest BCUT2D eigenvalue weighted by molar-refractivity contribution is -0.117. The molecule has 1 saturated carbocycles. The summed E-state index contributed by atoms with van der Waals surface area (Å²) in [5.41, 5.74) is 2.45. The van der Waals surface area contributed by atoms with E-state index in [0.29, 0.717) is 24.3 Å². The van der Waals surface area contributed by atoms with Crippen molar-refractivity contribution in [2.45, 2.75) is 18.8 Å². The van der Waals surface area contributed by atoms with Crippen molar-refractivity contribution in [3.05, 3.63) is 60.2 Å². The first-order chi connectivity index (χ1) is 12.0.